The second-order valence-electron chi connectivity index (χ2n) is 6.96. The number of non-ortho nitro benzene ring substituents is 1. The lowest BCUT2D eigenvalue weighted by molar-refractivity contribution is -0.384. The summed E-state index contributed by atoms with van der Waals surface area (Å²) in [7, 11) is 1.38. The van der Waals surface area contributed by atoms with E-state index in [1.54, 1.807) is 6.21 Å². The molecular weight excluding hydrogens is 376 g/mol. The average Bonchev–Trinajstić information content (AvgIpc) is 3.45. The molecule has 0 bridgehead atoms. The highest BCUT2D eigenvalue weighted by Gasteiger charge is 2.19. The number of benzene rings is 1. The number of nitrogens with zero attached hydrogens (tertiary/aromatic N) is 3. The SMILES string of the molecule is COc1cc([N+](=O)[O-])cc2cc(C(=O)N/N=C\c3ccn(C4CCCC4)c3)oc12. The van der Waals surface area contributed by atoms with Crippen molar-refractivity contribution in [3.8, 4) is 5.75 Å². The van der Waals surface area contributed by atoms with Crippen molar-refractivity contribution >= 4 is 28.8 Å². The summed E-state index contributed by atoms with van der Waals surface area (Å²) in [5.41, 5.74) is 3.42. The summed E-state index contributed by atoms with van der Waals surface area (Å²) in [5.74, 6) is -0.387. The second-order valence-corrected chi connectivity index (χ2v) is 6.96. The molecule has 150 valence electrons. The summed E-state index contributed by atoms with van der Waals surface area (Å²) >= 11 is 0. The van der Waals surface area contributed by atoms with Crippen LogP contribution in [0.4, 0.5) is 5.69 Å². The van der Waals surface area contributed by atoms with Gasteiger partial charge in [0, 0.05) is 35.5 Å². The van der Waals surface area contributed by atoms with Gasteiger partial charge in [0.05, 0.1) is 24.3 Å². The molecule has 1 aromatic carbocycles. The van der Waals surface area contributed by atoms with Gasteiger partial charge >= 0.3 is 5.91 Å². The van der Waals surface area contributed by atoms with Gasteiger partial charge in [0.25, 0.3) is 5.69 Å². The molecule has 9 heteroatoms. The number of hydrogen-bond acceptors (Lipinski definition) is 6. The van der Waals surface area contributed by atoms with Crippen LogP contribution in [0.5, 0.6) is 5.75 Å². The van der Waals surface area contributed by atoms with Crippen LogP contribution in [0.2, 0.25) is 0 Å². The van der Waals surface area contributed by atoms with E-state index in [-0.39, 0.29) is 22.8 Å². The average molecular weight is 396 g/mol. The molecule has 3 aromatic rings. The first-order valence-electron chi connectivity index (χ1n) is 9.32. The van der Waals surface area contributed by atoms with Crippen molar-refractivity contribution < 1.29 is 18.9 Å². The number of nitro benzene ring substituents is 1. The molecule has 2 aromatic heterocycles. The predicted molar refractivity (Wildman–Crippen MR) is 106 cm³/mol. The van der Waals surface area contributed by atoms with Crippen molar-refractivity contribution in [1.82, 2.24) is 9.99 Å². The number of fused-ring (bicyclic) bond motifs is 1. The number of hydrazone groups is 1. The second kappa shape index (κ2) is 7.78. The van der Waals surface area contributed by atoms with Crippen LogP contribution in [-0.2, 0) is 0 Å². The van der Waals surface area contributed by atoms with E-state index in [2.05, 4.69) is 15.1 Å². The Kier molecular flexibility index (Phi) is 5.03. The monoisotopic (exact) mass is 396 g/mol. The lowest BCUT2D eigenvalue weighted by Crippen LogP contribution is -2.16. The fraction of sp³-hybridized carbons (Fsp3) is 0.300. The number of ether oxygens (including phenoxy) is 1. The van der Waals surface area contributed by atoms with Gasteiger partial charge in [-0.2, -0.15) is 5.10 Å². The summed E-state index contributed by atoms with van der Waals surface area (Å²) in [5, 5.41) is 15.4. The van der Waals surface area contributed by atoms with Crippen LogP contribution in [0.1, 0.15) is 47.8 Å². The molecule has 29 heavy (non-hydrogen) atoms. The maximum atomic E-state index is 12.3. The van der Waals surface area contributed by atoms with Gasteiger partial charge in [0.2, 0.25) is 0 Å². The first kappa shape index (κ1) is 18.7. The van der Waals surface area contributed by atoms with Gasteiger partial charge < -0.3 is 13.7 Å². The van der Waals surface area contributed by atoms with E-state index in [1.807, 2.05) is 18.5 Å². The van der Waals surface area contributed by atoms with Gasteiger partial charge in [-0.1, -0.05) is 12.8 Å². The Morgan fingerprint density at radius 1 is 1.38 bits per heavy atom. The van der Waals surface area contributed by atoms with Crippen molar-refractivity contribution in [2.24, 2.45) is 5.10 Å². The van der Waals surface area contributed by atoms with Crippen molar-refractivity contribution in [3.05, 3.63) is 58.1 Å². The maximum Gasteiger partial charge on any atom is 0.307 e. The van der Waals surface area contributed by atoms with Crippen LogP contribution in [0, 0.1) is 10.1 Å². The minimum atomic E-state index is -0.558. The molecule has 2 heterocycles. The zero-order valence-corrected chi connectivity index (χ0v) is 15.8. The van der Waals surface area contributed by atoms with Gasteiger partial charge in [-0.25, -0.2) is 5.43 Å². The number of hydrogen-bond donors (Lipinski definition) is 1. The Morgan fingerprint density at radius 2 is 2.17 bits per heavy atom. The molecule has 9 nitrogen and oxygen atoms in total. The molecule has 1 fully saturated rings. The smallest absolute Gasteiger partial charge is 0.307 e. The van der Waals surface area contributed by atoms with Gasteiger partial charge in [-0.3, -0.25) is 14.9 Å². The van der Waals surface area contributed by atoms with Crippen molar-refractivity contribution in [2.75, 3.05) is 7.11 Å². The Bertz CT molecular complexity index is 1090. The van der Waals surface area contributed by atoms with Crippen LogP contribution in [-0.4, -0.2) is 28.7 Å². The third kappa shape index (κ3) is 3.84. The normalized spacial score (nSPS) is 14.7. The summed E-state index contributed by atoms with van der Waals surface area (Å²) < 4.78 is 12.8. The molecule has 0 radical (unpaired) electrons. The largest absolute Gasteiger partial charge is 0.493 e. The van der Waals surface area contributed by atoms with Crippen LogP contribution < -0.4 is 10.2 Å². The minimum Gasteiger partial charge on any atom is -0.493 e. The zero-order valence-electron chi connectivity index (χ0n) is 15.8. The summed E-state index contributed by atoms with van der Waals surface area (Å²) in [4.78, 5) is 22.8. The van der Waals surface area contributed by atoms with Crippen molar-refractivity contribution in [3.63, 3.8) is 0 Å². The highest BCUT2D eigenvalue weighted by molar-refractivity contribution is 5.98. The number of nitro groups is 1. The van der Waals surface area contributed by atoms with Crippen LogP contribution in [0.15, 0.2) is 46.2 Å². The molecule has 1 aliphatic rings. The summed E-state index contributed by atoms with van der Waals surface area (Å²) in [6, 6.07) is 6.49. The Balaban J connectivity index is 1.47. The fourth-order valence-electron chi connectivity index (χ4n) is 3.63. The van der Waals surface area contributed by atoms with Crippen LogP contribution >= 0.6 is 0 Å². The highest BCUT2D eigenvalue weighted by Crippen LogP contribution is 2.33. The minimum absolute atomic E-state index is 0.0144. The van der Waals surface area contributed by atoms with Gasteiger partial charge in [-0.05, 0) is 25.0 Å². The fourth-order valence-corrected chi connectivity index (χ4v) is 3.63. The molecule has 1 saturated carbocycles. The maximum absolute atomic E-state index is 12.3. The van der Waals surface area contributed by atoms with E-state index in [0.29, 0.717) is 11.4 Å². The van der Waals surface area contributed by atoms with E-state index in [4.69, 9.17) is 9.15 Å². The molecular formula is C20H20N4O5. The van der Waals surface area contributed by atoms with E-state index in [0.717, 1.165) is 5.56 Å². The zero-order chi connectivity index (χ0) is 20.4. The Hall–Kier alpha value is -3.62. The highest BCUT2D eigenvalue weighted by atomic mass is 16.6. The molecule has 0 atom stereocenters. The quantitative estimate of drug-likeness (QED) is 0.384. The first-order valence-corrected chi connectivity index (χ1v) is 9.32. The standard InChI is InChI=1S/C20H20N4O5/c1-28-17-10-16(24(26)27)8-14-9-18(29-19(14)17)20(25)22-21-11-13-6-7-23(12-13)15-4-2-3-5-15/h6-12,15H,2-5H2,1H3,(H,22,25)/b21-11-. The first-order chi connectivity index (χ1) is 14.0. The Morgan fingerprint density at radius 3 is 2.90 bits per heavy atom. The molecule has 4 rings (SSSR count). The molecule has 0 saturated heterocycles. The number of aromatic nitrogens is 1. The predicted octanol–water partition coefficient (Wildman–Crippen LogP) is 4.03. The van der Waals surface area contributed by atoms with Crippen LogP contribution in [0.25, 0.3) is 11.0 Å². The van der Waals surface area contributed by atoms with Crippen molar-refractivity contribution in [1.29, 1.82) is 0 Å². The number of carbonyl (C=O) groups is 1. The van der Waals surface area contributed by atoms with Crippen LogP contribution in [0.3, 0.4) is 0 Å². The van der Waals surface area contributed by atoms with E-state index in [9.17, 15) is 14.9 Å². The molecule has 0 spiro atoms. The number of carbonyl (C=O) groups excluding carboxylic acids is 1. The van der Waals surface area contributed by atoms with Gasteiger partial charge in [0.15, 0.2) is 17.1 Å². The summed E-state index contributed by atoms with van der Waals surface area (Å²) in [6.45, 7) is 0. The number of nitrogens with one attached hydrogen (secondary N) is 1. The topological polar surface area (TPSA) is 112 Å². The number of rotatable bonds is 6. The summed E-state index contributed by atoms with van der Waals surface area (Å²) in [6.07, 6.45) is 10.5. The third-order valence-corrected chi connectivity index (χ3v) is 5.08. The van der Waals surface area contributed by atoms with E-state index < -0.39 is 10.8 Å². The third-order valence-electron chi connectivity index (χ3n) is 5.08. The number of methoxy groups -OCH3 is 1. The van der Waals surface area contributed by atoms with E-state index in [1.165, 1.54) is 51.0 Å². The molecule has 1 N–H and O–H groups in total. The molecule has 0 aliphatic heterocycles. The molecule has 1 amide bonds. The lowest BCUT2D eigenvalue weighted by atomic mass is 10.2. The molecule has 1 aliphatic carbocycles. The number of amides is 1. The lowest BCUT2D eigenvalue weighted by Gasteiger charge is -2.10. The van der Waals surface area contributed by atoms with Crippen molar-refractivity contribution in [2.45, 2.75) is 31.7 Å². The van der Waals surface area contributed by atoms with Gasteiger partial charge in [0.1, 0.15) is 0 Å². The van der Waals surface area contributed by atoms with E-state index >= 15 is 0 Å². The number of furan rings is 1. The molecule has 0 unspecified atom stereocenters. The Labute approximate surface area is 166 Å². The van der Waals surface area contributed by atoms with Gasteiger partial charge in [-0.15, -0.1) is 0 Å².